The Hall–Kier alpha value is -0.570. The van der Waals surface area contributed by atoms with E-state index in [2.05, 4.69) is 0 Å². The van der Waals surface area contributed by atoms with Crippen LogP contribution in [0.25, 0.3) is 0 Å². The lowest BCUT2D eigenvalue weighted by Crippen LogP contribution is -2.20. The average Bonchev–Trinajstić information content (AvgIpc) is 2.02. The summed E-state index contributed by atoms with van der Waals surface area (Å²) in [5, 5.41) is 8.86. The summed E-state index contributed by atoms with van der Waals surface area (Å²) in [7, 11) is 0. The molecule has 0 aliphatic rings. The second kappa shape index (κ2) is 6.89. The van der Waals surface area contributed by atoms with Crippen LogP contribution in [0.1, 0.15) is 33.6 Å². The highest BCUT2D eigenvalue weighted by Crippen LogP contribution is 2.17. The molecule has 3 nitrogen and oxygen atoms in total. The topological polar surface area (TPSA) is 46.5 Å². The lowest BCUT2D eigenvalue weighted by Gasteiger charge is -2.15. The first-order chi connectivity index (χ1) is 6.09. The van der Waals surface area contributed by atoms with Gasteiger partial charge in [-0.3, -0.25) is 4.79 Å². The van der Waals surface area contributed by atoms with Gasteiger partial charge in [-0.15, -0.1) is 0 Å². The number of ether oxygens (including phenoxy) is 1. The van der Waals surface area contributed by atoms with E-state index in [1.807, 2.05) is 20.8 Å². The molecule has 1 N–H and O–H groups in total. The summed E-state index contributed by atoms with van der Waals surface area (Å²) in [5.74, 6) is -0.703. The minimum atomic E-state index is -0.688. The van der Waals surface area contributed by atoms with E-state index in [1.165, 1.54) is 0 Å². The zero-order valence-corrected chi connectivity index (χ0v) is 8.75. The number of carbonyl (C=O) groups is 1. The van der Waals surface area contributed by atoms with E-state index in [1.54, 1.807) is 0 Å². The highest BCUT2D eigenvalue weighted by molar-refractivity contribution is 5.70. The molecular weight excluding hydrogens is 168 g/mol. The lowest BCUT2D eigenvalue weighted by molar-refractivity contribution is -0.143. The molecule has 0 aromatic heterocycles. The zero-order valence-electron chi connectivity index (χ0n) is 8.75. The van der Waals surface area contributed by atoms with Crippen molar-refractivity contribution < 1.29 is 14.6 Å². The molecule has 0 amide bonds. The monoisotopic (exact) mass is 188 g/mol. The molecule has 0 aromatic carbocycles. The van der Waals surface area contributed by atoms with Crippen molar-refractivity contribution >= 4 is 5.97 Å². The fraction of sp³-hybridized carbons (Fsp3) is 0.900. The number of hydrogen-bond donors (Lipinski definition) is 1. The molecule has 0 spiro atoms. The number of hydrogen-bond acceptors (Lipinski definition) is 2. The number of rotatable bonds is 7. The van der Waals surface area contributed by atoms with Gasteiger partial charge >= 0.3 is 5.97 Å². The van der Waals surface area contributed by atoms with Crippen molar-refractivity contribution in [1.29, 1.82) is 0 Å². The van der Waals surface area contributed by atoms with Crippen LogP contribution in [-0.2, 0) is 9.53 Å². The summed E-state index contributed by atoms with van der Waals surface area (Å²) in [6.07, 6.45) is 1.55. The first kappa shape index (κ1) is 12.4. The molecule has 78 valence electrons. The largest absolute Gasteiger partial charge is 0.481 e. The third kappa shape index (κ3) is 5.64. The molecule has 0 saturated heterocycles. The molecule has 0 saturated carbocycles. The van der Waals surface area contributed by atoms with Gasteiger partial charge in [0, 0.05) is 13.2 Å². The Bertz CT molecular complexity index is 143. The molecule has 0 fully saturated rings. The van der Waals surface area contributed by atoms with Crippen LogP contribution in [0.3, 0.4) is 0 Å². The summed E-state index contributed by atoms with van der Waals surface area (Å²) < 4.78 is 5.15. The van der Waals surface area contributed by atoms with Crippen LogP contribution in [-0.4, -0.2) is 24.3 Å². The van der Waals surface area contributed by atoms with Crippen LogP contribution in [0.5, 0.6) is 0 Å². The van der Waals surface area contributed by atoms with E-state index < -0.39 is 5.97 Å². The van der Waals surface area contributed by atoms with Gasteiger partial charge in [0.25, 0.3) is 0 Å². The standard InChI is InChI=1S/C10H20O3/c1-4-13-7-5-6-9(8(2)3)10(11)12/h8-9H,4-7H2,1-3H3,(H,11,12). The van der Waals surface area contributed by atoms with Gasteiger partial charge in [-0.1, -0.05) is 13.8 Å². The van der Waals surface area contributed by atoms with E-state index in [4.69, 9.17) is 9.84 Å². The zero-order chi connectivity index (χ0) is 10.3. The van der Waals surface area contributed by atoms with Crippen molar-refractivity contribution in [3.05, 3.63) is 0 Å². The van der Waals surface area contributed by atoms with Crippen LogP contribution in [0.15, 0.2) is 0 Å². The summed E-state index contributed by atoms with van der Waals surface area (Å²) in [6.45, 7) is 7.21. The van der Waals surface area contributed by atoms with Gasteiger partial charge < -0.3 is 9.84 Å². The summed E-state index contributed by atoms with van der Waals surface area (Å²) in [6, 6.07) is 0. The van der Waals surface area contributed by atoms with Crippen LogP contribution in [0, 0.1) is 11.8 Å². The minimum absolute atomic E-state index is 0.208. The van der Waals surface area contributed by atoms with Crippen molar-refractivity contribution in [3.63, 3.8) is 0 Å². The Labute approximate surface area is 80.1 Å². The van der Waals surface area contributed by atoms with Crippen LogP contribution >= 0.6 is 0 Å². The van der Waals surface area contributed by atoms with Crippen LogP contribution in [0.4, 0.5) is 0 Å². The van der Waals surface area contributed by atoms with Gasteiger partial charge in [0.1, 0.15) is 0 Å². The second-order valence-electron chi connectivity index (χ2n) is 3.53. The van der Waals surface area contributed by atoms with Crippen molar-refractivity contribution in [2.24, 2.45) is 11.8 Å². The summed E-state index contributed by atoms with van der Waals surface area (Å²) in [4.78, 5) is 10.8. The third-order valence-electron chi connectivity index (χ3n) is 2.13. The fourth-order valence-corrected chi connectivity index (χ4v) is 1.29. The Morgan fingerprint density at radius 3 is 2.46 bits per heavy atom. The van der Waals surface area contributed by atoms with Crippen molar-refractivity contribution in [2.75, 3.05) is 13.2 Å². The molecular formula is C10H20O3. The van der Waals surface area contributed by atoms with Crippen molar-refractivity contribution in [2.45, 2.75) is 33.6 Å². The maximum Gasteiger partial charge on any atom is 0.306 e. The lowest BCUT2D eigenvalue weighted by atomic mass is 9.91. The molecule has 13 heavy (non-hydrogen) atoms. The van der Waals surface area contributed by atoms with Gasteiger partial charge in [-0.25, -0.2) is 0 Å². The molecule has 0 aliphatic carbocycles. The molecule has 1 unspecified atom stereocenters. The number of aliphatic carboxylic acids is 1. The first-order valence-electron chi connectivity index (χ1n) is 4.90. The Balaban J connectivity index is 3.64. The first-order valence-corrected chi connectivity index (χ1v) is 4.90. The van der Waals surface area contributed by atoms with E-state index in [0.717, 1.165) is 6.42 Å². The van der Waals surface area contributed by atoms with E-state index in [-0.39, 0.29) is 11.8 Å². The number of carboxylic acid groups (broad SMARTS) is 1. The number of carboxylic acids is 1. The summed E-state index contributed by atoms with van der Waals surface area (Å²) >= 11 is 0. The molecule has 0 aromatic rings. The molecule has 3 heteroatoms. The normalized spacial score (nSPS) is 13.2. The predicted molar refractivity (Wildman–Crippen MR) is 51.7 cm³/mol. The minimum Gasteiger partial charge on any atom is -0.481 e. The van der Waals surface area contributed by atoms with E-state index in [9.17, 15) is 4.79 Å². The Morgan fingerprint density at radius 2 is 2.08 bits per heavy atom. The predicted octanol–water partition coefficient (Wildman–Crippen LogP) is 2.16. The van der Waals surface area contributed by atoms with E-state index in [0.29, 0.717) is 19.6 Å². The van der Waals surface area contributed by atoms with E-state index >= 15 is 0 Å². The molecule has 1 atom stereocenters. The molecule has 0 bridgehead atoms. The maximum atomic E-state index is 10.8. The van der Waals surface area contributed by atoms with Gasteiger partial charge in [0.2, 0.25) is 0 Å². The molecule has 0 aliphatic heterocycles. The SMILES string of the molecule is CCOCCCC(C(=O)O)C(C)C. The van der Waals surface area contributed by atoms with Crippen molar-refractivity contribution in [1.82, 2.24) is 0 Å². The van der Waals surface area contributed by atoms with Gasteiger partial charge in [0.05, 0.1) is 5.92 Å². The Kier molecular flexibility index (Phi) is 6.59. The van der Waals surface area contributed by atoms with Crippen molar-refractivity contribution in [3.8, 4) is 0 Å². The molecule has 0 heterocycles. The maximum absolute atomic E-state index is 10.8. The highest BCUT2D eigenvalue weighted by atomic mass is 16.5. The van der Waals surface area contributed by atoms with Gasteiger partial charge in [-0.05, 0) is 25.7 Å². The van der Waals surface area contributed by atoms with Crippen LogP contribution in [0.2, 0.25) is 0 Å². The van der Waals surface area contributed by atoms with Gasteiger partial charge in [-0.2, -0.15) is 0 Å². The van der Waals surface area contributed by atoms with Gasteiger partial charge in [0.15, 0.2) is 0 Å². The summed E-state index contributed by atoms with van der Waals surface area (Å²) in [5.41, 5.74) is 0. The Morgan fingerprint density at radius 1 is 1.46 bits per heavy atom. The smallest absolute Gasteiger partial charge is 0.306 e. The quantitative estimate of drug-likeness (QED) is 0.623. The highest BCUT2D eigenvalue weighted by Gasteiger charge is 2.20. The van der Waals surface area contributed by atoms with Crippen LogP contribution < -0.4 is 0 Å². The fourth-order valence-electron chi connectivity index (χ4n) is 1.29. The third-order valence-corrected chi connectivity index (χ3v) is 2.13. The molecule has 0 rings (SSSR count). The second-order valence-corrected chi connectivity index (χ2v) is 3.53. The molecule has 0 radical (unpaired) electrons. The average molecular weight is 188 g/mol.